The summed E-state index contributed by atoms with van der Waals surface area (Å²) in [6, 6.07) is 18.3. The van der Waals surface area contributed by atoms with Crippen LogP contribution in [0.15, 0.2) is 82.6 Å². The molecule has 1 fully saturated rings. The third kappa shape index (κ3) is 6.13. The van der Waals surface area contributed by atoms with E-state index in [1.54, 1.807) is 37.3 Å². The summed E-state index contributed by atoms with van der Waals surface area (Å²) < 4.78 is 60.3. The molecule has 12 heteroatoms. The molecule has 196 valence electrons. The molecule has 1 heterocycles. The summed E-state index contributed by atoms with van der Waals surface area (Å²) in [5.74, 6) is -0.609. The topological polar surface area (TPSA) is 113 Å². The molecule has 0 bridgehead atoms. The Hall–Kier alpha value is -2.96. The molecule has 37 heavy (non-hydrogen) atoms. The normalized spacial score (nSPS) is 14.8. The number of rotatable bonds is 8. The van der Waals surface area contributed by atoms with Gasteiger partial charge in [-0.05, 0) is 61.0 Å². The molecule has 0 aliphatic carbocycles. The zero-order valence-corrected chi connectivity index (χ0v) is 22.4. The average molecular weight is 564 g/mol. The lowest BCUT2D eigenvalue weighted by Crippen LogP contribution is -2.40. The first-order valence-corrected chi connectivity index (χ1v) is 14.7. The molecule has 0 atom stereocenters. The van der Waals surface area contributed by atoms with Crippen LogP contribution in [0.1, 0.15) is 5.56 Å². The Morgan fingerprint density at radius 3 is 2.24 bits per heavy atom. The number of hydrogen-bond acceptors (Lipinski definition) is 6. The molecule has 0 saturated carbocycles. The Bertz CT molecular complexity index is 1470. The van der Waals surface area contributed by atoms with E-state index in [0.717, 1.165) is 4.31 Å². The number of aryl methyl sites for hydroxylation is 1. The summed E-state index contributed by atoms with van der Waals surface area (Å²) in [4.78, 5) is 13.1. The van der Waals surface area contributed by atoms with Crippen molar-refractivity contribution in [2.45, 2.75) is 16.7 Å². The van der Waals surface area contributed by atoms with Gasteiger partial charge in [0, 0.05) is 23.8 Å². The highest BCUT2D eigenvalue weighted by Crippen LogP contribution is 2.29. The van der Waals surface area contributed by atoms with Crippen molar-refractivity contribution in [1.82, 2.24) is 4.31 Å². The van der Waals surface area contributed by atoms with Crippen molar-refractivity contribution in [2.75, 3.05) is 42.5 Å². The van der Waals surface area contributed by atoms with Gasteiger partial charge >= 0.3 is 0 Å². The van der Waals surface area contributed by atoms with Crippen molar-refractivity contribution in [2.24, 2.45) is 0 Å². The van der Waals surface area contributed by atoms with Crippen molar-refractivity contribution in [3.63, 3.8) is 0 Å². The maximum atomic E-state index is 13.5. The Kier molecular flexibility index (Phi) is 8.20. The average Bonchev–Trinajstić information content (AvgIpc) is 2.90. The summed E-state index contributed by atoms with van der Waals surface area (Å²) in [7, 11) is -7.78. The van der Waals surface area contributed by atoms with Gasteiger partial charge in [0.2, 0.25) is 15.9 Å². The number of ether oxygens (including phenoxy) is 1. The lowest BCUT2D eigenvalue weighted by Gasteiger charge is -2.26. The lowest BCUT2D eigenvalue weighted by atomic mass is 10.2. The molecule has 0 spiro atoms. The number of benzene rings is 3. The zero-order chi connectivity index (χ0) is 26.6. The second-order valence-corrected chi connectivity index (χ2v) is 12.6. The number of carbonyl (C=O) groups excluding carboxylic acids is 1. The lowest BCUT2D eigenvalue weighted by molar-refractivity contribution is -0.114. The molecule has 9 nitrogen and oxygen atoms in total. The maximum Gasteiger partial charge on any atom is 0.264 e. The van der Waals surface area contributed by atoms with Gasteiger partial charge in [-0.3, -0.25) is 9.10 Å². The van der Waals surface area contributed by atoms with Gasteiger partial charge in [-0.1, -0.05) is 35.9 Å². The van der Waals surface area contributed by atoms with E-state index in [2.05, 4.69) is 5.32 Å². The Morgan fingerprint density at radius 2 is 1.59 bits per heavy atom. The van der Waals surface area contributed by atoms with Gasteiger partial charge in [0.05, 0.1) is 28.7 Å². The SMILES string of the molecule is Cc1ccc(Cl)cc1N(CC(=O)Nc1ccc(S(=O)(=O)N2CCOCC2)cc1)S(=O)(=O)c1ccccc1. The molecule has 1 saturated heterocycles. The molecule has 1 amide bonds. The van der Waals surface area contributed by atoms with E-state index >= 15 is 0 Å². The highest BCUT2D eigenvalue weighted by atomic mass is 35.5. The van der Waals surface area contributed by atoms with E-state index in [0.29, 0.717) is 29.5 Å². The number of anilines is 2. The van der Waals surface area contributed by atoms with E-state index in [-0.39, 0.29) is 28.6 Å². The molecule has 0 aromatic heterocycles. The number of nitrogens with one attached hydrogen (secondary N) is 1. The first-order valence-electron chi connectivity index (χ1n) is 11.4. The molecule has 1 aliphatic heterocycles. The van der Waals surface area contributed by atoms with Gasteiger partial charge in [0.1, 0.15) is 6.54 Å². The van der Waals surface area contributed by atoms with Crippen LogP contribution in [-0.2, 0) is 29.6 Å². The molecule has 3 aromatic rings. The third-order valence-corrected chi connectivity index (χ3v) is 9.73. The molecule has 1 N–H and O–H groups in total. The molecular formula is C25H26ClN3O6S2. The van der Waals surface area contributed by atoms with E-state index < -0.39 is 32.5 Å². The Balaban J connectivity index is 1.56. The molecule has 0 radical (unpaired) electrons. The minimum absolute atomic E-state index is 0.0276. The number of sulfonamides is 2. The highest BCUT2D eigenvalue weighted by Gasteiger charge is 2.29. The van der Waals surface area contributed by atoms with Crippen LogP contribution in [0.25, 0.3) is 0 Å². The largest absolute Gasteiger partial charge is 0.379 e. The first kappa shape index (κ1) is 27.1. The van der Waals surface area contributed by atoms with Gasteiger partial charge < -0.3 is 10.1 Å². The van der Waals surface area contributed by atoms with Crippen molar-refractivity contribution in [1.29, 1.82) is 0 Å². The standard InChI is InChI=1S/C25H26ClN3O6S2/c1-19-7-8-20(26)17-24(19)29(37(33,34)22-5-3-2-4-6-22)18-25(30)27-21-9-11-23(12-10-21)36(31,32)28-13-15-35-16-14-28/h2-12,17H,13-16,18H2,1H3,(H,27,30). The van der Waals surface area contributed by atoms with Crippen LogP contribution < -0.4 is 9.62 Å². The van der Waals surface area contributed by atoms with E-state index in [9.17, 15) is 21.6 Å². The van der Waals surface area contributed by atoms with E-state index in [4.69, 9.17) is 16.3 Å². The third-order valence-electron chi connectivity index (χ3n) is 5.80. The van der Waals surface area contributed by atoms with Gasteiger partial charge in [-0.15, -0.1) is 0 Å². The zero-order valence-electron chi connectivity index (χ0n) is 20.0. The molecule has 0 unspecified atom stereocenters. The summed E-state index contributed by atoms with van der Waals surface area (Å²) in [6.45, 7) is 2.42. The van der Waals surface area contributed by atoms with Crippen LogP contribution in [0.2, 0.25) is 5.02 Å². The van der Waals surface area contributed by atoms with Crippen LogP contribution in [0, 0.1) is 6.92 Å². The number of morpholine rings is 1. The fraction of sp³-hybridized carbons (Fsp3) is 0.240. The molecule has 4 rings (SSSR count). The smallest absolute Gasteiger partial charge is 0.264 e. The van der Waals surface area contributed by atoms with Crippen LogP contribution in [0.4, 0.5) is 11.4 Å². The summed E-state index contributed by atoms with van der Waals surface area (Å²) >= 11 is 6.15. The van der Waals surface area contributed by atoms with Crippen molar-refractivity contribution in [3.8, 4) is 0 Å². The summed E-state index contributed by atoms with van der Waals surface area (Å²) in [6.07, 6.45) is 0. The van der Waals surface area contributed by atoms with Crippen LogP contribution >= 0.6 is 11.6 Å². The fourth-order valence-corrected chi connectivity index (χ4v) is 6.92. The minimum atomic E-state index is -4.10. The monoisotopic (exact) mass is 563 g/mol. The first-order chi connectivity index (χ1) is 17.6. The number of nitrogens with zero attached hydrogens (tertiary/aromatic N) is 2. The van der Waals surface area contributed by atoms with Gasteiger partial charge in [-0.2, -0.15) is 4.31 Å². The second-order valence-electron chi connectivity index (χ2n) is 8.34. The molecular weight excluding hydrogens is 538 g/mol. The Labute approximate surface area is 221 Å². The van der Waals surface area contributed by atoms with Crippen LogP contribution in [-0.4, -0.2) is 59.9 Å². The molecule has 3 aromatic carbocycles. The predicted octanol–water partition coefficient (Wildman–Crippen LogP) is 3.50. The summed E-state index contributed by atoms with van der Waals surface area (Å²) in [5, 5.41) is 2.98. The number of carbonyl (C=O) groups is 1. The van der Waals surface area contributed by atoms with Crippen molar-refractivity contribution in [3.05, 3.63) is 83.4 Å². The second kappa shape index (κ2) is 11.2. The Morgan fingerprint density at radius 1 is 0.946 bits per heavy atom. The van der Waals surface area contributed by atoms with E-state index in [1.165, 1.54) is 46.8 Å². The van der Waals surface area contributed by atoms with Crippen molar-refractivity contribution >= 4 is 48.9 Å². The molecule has 1 aliphatic rings. The summed E-state index contributed by atoms with van der Waals surface area (Å²) in [5.41, 5.74) is 1.22. The number of hydrogen-bond donors (Lipinski definition) is 1. The number of amides is 1. The fourth-order valence-electron chi connectivity index (χ4n) is 3.85. The van der Waals surface area contributed by atoms with E-state index in [1.807, 2.05) is 0 Å². The quantitative estimate of drug-likeness (QED) is 0.449. The van der Waals surface area contributed by atoms with Gasteiger partial charge in [0.25, 0.3) is 10.0 Å². The maximum absolute atomic E-state index is 13.5. The highest BCUT2D eigenvalue weighted by molar-refractivity contribution is 7.92. The predicted molar refractivity (Wildman–Crippen MR) is 142 cm³/mol. The van der Waals surface area contributed by atoms with Crippen LogP contribution in [0.5, 0.6) is 0 Å². The number of halogens is 1. The van der Waals surface area contributed by atoms with Crippen LogP contribution in [0.3, 0.4) is 0 Å². The van der Waals surface area contributed by atoms with Crippen molar-refractivity contribution < 1.29 is 26.4 Å². The van der Waals surface area contributed by atoms with Gasteiger partial charge in [-0.25, -0.2) is 16.8 Å². The van der Waals surface area contributed by atoms with Gasteiger partial charge in [0.15, 0.2) is 0 Å². The minimum Gasteiger partial charge on any atom is -0.379 e.